The molecule has 1 aromatic rings. The van der Waals surface area contributed by atoms with Gasteiger partial charge in [-0.05, 0) is 18.9 Å². The minimum absolute atomic E-state index is 0. The maximum absolute atomic E-state index is 10.6. The Hall–Kier alpha value is -1.07. The average molecular weight is 233 g/mol. The number of halogens is 1. The fourth-order valence-electron chi connectivity index (χ4n) is 1.64. The van der Waals surface area contributed by atoms with Gasteiger partial charge in [0, 0.05) is 12.4 Å². The number of aliphatic carboxylic acids is 1. The fraction of sp³-hybridized carbons (Fsp3) is 0.556. The van der Waals surface area contributed by atoms with Crippen LogP contribution >= 0.6 is 12.4 Å². The molecule has 1 aliphatic heterocycles. The molecule has 1 fully saturated rings. The lowest BCUT2D eigenvalue weighted by Crippen LogP contribution is -2.22. The predicted octanol–water partition coefficient (Wildman–Crippen LogP) is 0.937. The van der Waals surface area contributed by atoms with Crippen molar-refractivity contribution in [2.45, 2.75) is 31.6 Å². The number of carboxylic acid groups (broad SMARTS) is 1. The van der Waals surface area contributed by atoms with E-state index in [4.69, 9.17) is 9.84 Å². The van der Waals surface area contributed by atoms with Crippen molar-refractivity contribution >= 4 is 18.4 Å². The molecule has 1 N–H and O–H groups in total. The van der Waals surface area contributed by atoms with Gasteiger partial charge in [-0.3, -0.25) is 4.68 Å². The molecule has 1 saturated heterocycles. The predicted molar refractivity (Wildman–Crippen MR) is 55.0 cm³/mol. The third-order valence-electron chi connectivity index (χ3n) is 2.33. The first-order valence-corrected chi connectivity index (χ1v) is 4.61. The standard InChI is InChI=1S/C9H12N2O3.ClH/c12-9(13)8-3-2-7(14-8)6-11-5-1-4-10-11;/h1,4-5,7-8H,2-3,6H2,(H,12,13);1H/t7-,8+;/m1./s1. The molecule has 0 unspecified atom stereocenters. The summed E-state index contributed by atoms with van der Waals surface area (Å²) in [5.74, 6) is -0.868. The highest BCUT2D eigenvalue weighted by Crippen LogP contribution is 2.20. The first kappa shape index (κ1) is 12.0. The second-order valence-corrected chi connectivity index (χ2v) is 3.39. The van der Waals surface area contributed by atoms with Crippen LogP contribution in [0.2, 0.25) is 0 Å². The monoisotopic (exact) mass is 232 g/mol. The number of ether oxygens (including phenoxy) is 1. The second kappa shape index (κ2) is 5.14. The van der Waals surface area contributed by atoms with Crippen LogP contribution in [0.25, 0.3) is 0 Å². The Labute approximate surface area is 93.4 Å². The van der Waals surface area contributed by atoms with E-state index in [0.29, 0.717) is 13.0 Å². The highest BCUT2D eigenvalue weighted by Gasteiger charge is 2.30. The molecule has 15 heavy (non-hydrogen) atoms. The number of carboxylic acids is 1. The van der Waals surface area contributed by atoms with E-state index in [0.717, 1.165) is 6.42 Å². The first-order valence-electron chi connectivity index (χ1n) is 4.61. The van der Waals surface area contributed by atoms with Gasteiger partial charge in [0.25, 0.3) is 0 Å². The minimum atomic E-state index is -0.868. The summed E-state index contributed by atoms with van der Waals surface area (Å²) in [5, 5.41) is 12.7. The average Bonchev–Trinajstić information content (AvgIpc) is 2.75. The van der Waals surface area contributed by atoms with Crippen LogP contribution in [0.4, 0.5) is 0 Å². The van der Waals surface area contributed by atoms with Gasteiger partial charge >= 0.3 is 5.97 Å². The van der Waals surface area contributed by atoms with Crippen LogP contribution in [-0.2, 0) is 16.1 Å². The van der Waals surface area contributed by atoms with Crippen molar-refractivity contribution in [3.63, 3.8) is 0 Å². The summed E-state index contributed by atoms with van der Waals surface area (Å²) in [4.78, 5) is 10.6. The van der Waals surface area contributed by atoms with Crippen molar-refractivity contribution in [1.82, 2.24) is 9.78 Å². The molecule has 2 rings (SSSR count). The van der Waals surface area contributed by atoms with Gasteiger partial charge in [-0.2, -0.15) is 5.10 Å². The zero-order valence-corrected chi connectivity index (χ0v) is 8.89. The Bertz CT molecular complexity index is 315. The summed E-state index contributed by atoms with van der Waals surface area (Å²) in [5.41, 5.74) is 0. The molecule has 6 heteroatoms. The fourth-order valence-corrected chi connectivity index (χ4v) is 1.64. The number of rotatable bonds is 3. The Kier molecular flexibility index (Phi) is 4.11. The van der Waals surface area contributed by atoms with E-state index < -0.39 is 12.1 Å². The molecule has 2 heterocycles. The van der Waals surface area contributed by atoms with Crippen molar-refractivity contribution in [2.24, 2.45) is 0 Å². The maximum Gasteiger partial charge on any atom is 0.332 e. The normalized spacial score (nSPS) is 24.8. The van der Waals surface area contributed by atoms with Gasteiger partial charge in [-0.1, -0.05) is 0 Å². The van der Waals surface area contributed by atoms with Crippen molar-refractivity contribution in [3.8, 4) is 0 Å². The van der Waals surface area contributed by atoms with E-state index in [-0.39, 0.29) is 18.5 Å². The molecule has 1 aliphatic rings. The van der Waals surface area contributed by atoms with Crippen molar-refractivity contribution in [2.75, 3.05) is 0 Å². The smallest absolute Gasteiger partial charge is 0.332 e. The second-order valence-electron chi connectivity index (χ2n) is 3.39. The SMILES string of the molecule is Cl.O=C(O)[C@@H]1CC[C@H](Cn2cccn2)O1. The summed E-state index contributed by atoms with van der Waals surface area (Å²) in [6.07, 6.45) is 4.28. The number of hydrogen-bond donors (Lipinski definition) is 1. The third-order valence-corrected chi connectivity index (χ3v) is 2.33. The van der Waals surface area contributed by atoms with Crippen LogP contribution in [-0.4, -0.2) is 33.1 Å². The van der Waals surface area contributed by atoms with Crippen molar-refractivity contribution in [3.05, 3.63) is 18.5 Å². The molecule has 0 bridgehead atoms. The number of hydrogen-bond acceptors (Lipinski definition) is 3. The van der Waals surface area contributed by atoms with Crippen LogP contribution in [0.3, 0.4) is 0 Å². The molecule has 0 spiro atoms. The first-order chi connectivity index (χ1) is 6.75. The van der Waals surface area contributed by atoms with Gasteiger partial charge in [0.1, 0.15) is 0 Å². The van der Waals surface area contributed by atoms with Crippen molar-refractivity contribution < 1.29 is 14.6 Å². The Morgan fingerprint density at radius 2 is 2.40 bits per heavy atom. The Morgan fingerprint density at radius 1 is 1.60 bits per heavy atom. The molecule has 0 saturated carbocycles. The van der Waals surface area contributed by atoms with Gasteiger partial charge in [0.05, 0.1) is 12.6 Å². The number of carbonyl (C=O) groups is 1. The van der Waals surface area contributed by atoms with Gasteiger partial charge in [0.15, 0.2) is 6.10 Å². The van der Waals surface area contributed by atoms with E-state index >= 15 is 0 Å². The Morgan fingerprint density at radius 3 is 2.93 bits per heavy atom. The van der Waals surface area contributed by atoms with E-state index in [1.807, 2.05) is 12.3 Å². The zero-order chi connectivity index (χ0) is 9.97. The molecule has 0 amide bonds. The molecule has 84 valence electrons. The van der Waals surface area contributed by atoms with E-state index in [1.165, 1.54) is 0 Å². The van der Waals surface area contributed by atoms with Crippen LogP contribution in [0.1, 0.15) is 12.8 Å². The molecule has 0 aliphatic carbocycles. The Balaban J connectivity index is 0.00000112. The molecule has 1 aromatic heterocycles. The van der Waals surface area contributed by atoms with Crippen LogP contribution in [0, 0.1) is 0 Å². The molecule has 0 aromatic carbocycles. The van der Waals surface area contributed by atoms with Gasteiger partial charge in [-0.25, -0.2) is 4.79 Å². The lowest BCUT2D eigenvalue weighted by molar-refractivity contribution is -0.149. The summed E-state index contributed by atoms with van der Waals surface area (Å²) in [6.45, 7) is 0.636. The number of aromatic nitrogens is 2. The highest BCUT2D eigenvalue weighted by atomic mass is 35.5. The molecule has 2 atom stereocenters. The molecular formula is C9H13ClN2O3. The maximum atomic E-state index is 10.6. The van der Waals surface area contributed by atoms with Crippen LogP contribution < -0.4 is 0 Å². The lowest BCUT2D eigenvalue weighted by atomic mass is 10.2. The summed E-state index contributed by atoms with van der Waals surface area (Å²) in [7, 11) is 0. The summed E-state index contributed by atoms with van der Waals surface area (Å²) in [6, 6.07) is 1.84. The quantitative estimate of drug-likeness (QED) is 0.842. The highest BCUT2D eigenvalue weighted by molar-refractivity contribution is 5.85. The van der Waals surface area contributed by atoms with Gasteiger partial charge < -0.3 is 9.84 Å². The molecule has 0 radical (unpaired) electrons. The molecule has 5 nitrogen and oxygen atoms in total. The third kappa shape index (κ3) is 2.94. The van der Waals surface area contributed by atoms with E-state index in [2.05, 4.69) is 5.10 Å². The largest absolute Gasteiger partial charge is 0.479 e. The zero-order valence-electron chi connectivity index (χ0n) is 8.07. The summed E-state index contributed by atoms with van der Waals surface area (Å²) < 4.78 is 7.09. The van der Waals surface area contributed by atoms with Gasteiger partial charge in [0.2, 0.25) is 0 Å². The van der Waals surface area contributed by atoms with Crippen molar-refractivity contribution in [1.29, 1.82) is 0 Å². The van der Waals surface area contributed by atoms with E-state index in [9.17, 15) is 4.79 Å². The van der Waals surface area contributed by atoms with Gasteiger partial charge in [-0.15, -0.1) is 12.4 Å². The minimum Gasteiger partial charge on any atom is -0.479 e. The summed E-state index contributed by atoms with van der Waals surface area (Å²) >= 11 is 0. The lowest BCUT2D eigenvalue weighted by Gasteiger charge is -2.10. The van der Waals surface area contributed by atoms with Crippen LogP contribution in [0.15, 0.2) is 18.5 Å². The number of nitrogens with zero attached hydrogens (tertiary/aromatic N) is 2. The molecular weight excluding hydrogens is 220 g/mol. The topological polar surface area (TPSA) is 64.3 Å². The van der Waals surface area contributed by atoms with E-state index in [1.54, 1.807) is 10.9 Å². The van der Waals surface area contributed by atoms with Crippen LogP contribution in [0.5, 0.6) is 0 Å².